The topological polar surface area (TPSA) is 15.3 Å². The molecule has 0 heterocycles. The van der Waals surface area contributed by atoms with E-state index in [0.717, 1.165) is 19.2 Å². The highest BCUT2D eigenvalue weighted by atomic mass is 19.1. The molecule has 1 aromatic carbocycles. The SMILES string of the molecule is CCN(CC)C(C)(C)C(NC)c1cc(F)cc(F)c1. The second kappa shape index (κ2) is 6.44. The van der Waals surface area contributed by atoms with E-state index in [1.54, 1.807) is 0 Å². The lowest BCUT2D eigenvalue weighted by Gasteiger charge is -2.43. The molecule has 4 heteroatoms. The third-order valence-electron chi connectivity index (χ3n) is 3.79. The van der Waals surface area contributed by atoms with Crippen molar-refractivity contribution in [3.8, 4) is 0 Å². The summed E-state index contributed by atoms with van der Waals surface area (Å²) in [4.78, 5) is 2.27. The van der Waals surface area contributed by atoms with E-state index in [2.05, 4.69) is 37.9 Å². The normalized spacial score (nSPS) is 13.9. The average molecular weight is 270 g/mol. The highest BCUT2D eigenvalue weighted by molar-refractivity contribution is 5.24. The average Bonchev–Trinajstić information content (AvgIpc) is 2.29. The first-order valence-corrected chi connectivity index (χ1v) is 6.75. The first-order chi connectivity index (χ1) is 8.86. The quantitative estimate of drug-likeness (QED) is 0.853. The maximum atomic E-state index is 13.4. The van der Waals surface area contributed by atoms with E-state index in [4.69, 9.17) is 0 Å². The van der Waals surface area contributed by atoms with Gasteiger partial charge in [-0.05, 0) is 51.7 Å². The molecule has 1 atom stereocenters. The van der Waals surface area contributed by atoms with Crippen LogP contribution in [0.4, 0.5) is 8.78 Å². The molecule has 1 N–H and O–H groups in total. The fraction of sp³-hybridized carbons (Fsp3) is 0.600. The number of benzene rings is 1. The minimum atomic E-state index is -0.536. The largest absolute Gasteiger partial charge is 0.311 e. The monoisotopic (exact) mass is 270 g/mol. The molecule has 1 aromatic rings. The van der Waals surface area contributed by atoms with Crippen LogP contribution in [0.2, 0.25) is 0 Å². The van der Waals surface area contributed by atoms with Crippen molar-refractivity contribution in [2.24, 2.45) is 0 Å². The Hall–Kier alpha value is -1.00. The molecule has 0 amide bonds. The Morgan fingerprint density at radius 1 is 1.11 bits per heavy atom. The van der Waals surface area contributed by atoms with Crippen LogP contribution in [0.25, 0.3) is 0 Å². The molecule has 0 fully saturated rings. The molecule has 1 rings (SSSR count). The molecule has 0 saturated carbocycles. The van der Waals surface area contributed by atoms with Crippen LogP contribution in [0.3, 0.4) is 0 Å². The van der Waals surface area contributed by atoms with Crippen LogP contribution in [0, 0.1) is 11.6 Å². The van der Waals surface area contributed by atoms with Crippen molar-refractivity contribution >= 4 is 0 Å². The molecule has 0 bridgehead atoms. The molecule has 19 heavy (non-hydrogen) atoms. The third kappa shape index (κ3) is 3.51. The van der Waals surface area contributed by atoms with Gasteiger partial charge in [-0.25, -0.2) is 8.78 Å². The Morgan fingerprint density at radius 3 is 1.95 bits per heavy atom. The summed E-state index contributed by atoms with van der Waals surface area (Å²) in [5.41, 5.74) is 0.398. The van der Waals surface area contributed by atoms with Gasteiger partial charge in [-0.2, -0.15) is 0 Å². The van der Waals surface area contributed by atoms with Crippen molar-refractivity contribution in [1.82, 2.24) is 10.2 Å². The smallest absolute Gasteiger partial charge is 0.126 e. The van der Waals surface area contributed by atoms with E-state index in [9.17, 15) is 8.78 Å². The third-order valence-corrected chi connectivity index (χ3v) is 3.79. The maximum absolute atomic E-state index is 13.4. The fourth-order valence-corrected chi connectivity index (χ4v) is 2.89. The summed E-state index contributed by atoms with van der Waals surface area (Å²) in [6.07, 6.45) is 0. The second-order valence-electron chi connectivity index (χ2n) is 5.25. The number of halogens is 2. The van der Waals surface area contributed by atoms with Crippen molar-refractivity contribution in [3.63, 3.8) is 0 Å². The van der Waals surface area contributed by atoms with Gasteiger partial charge in [0.15, 0.2) is 0 Å². The van der Waals surface area contributed by atoms with Gasteiger partial charge in [-0.3, -0.25) is 4.90 Å². The van der Waals surface area contributed by atoms with Gasteiger partial charge in [-0.15, -0.1) is 0 Å². The first kappa shape index (κ1) is 16.1. The number of nitrogens with zero attached hydrogens (tertiary/aromatic N) is 1. The number of likely N-dealkylation sites (N-methyl/N-ethyl adjacent to an activating group) is 2. The molecule has 0 aromatic heterocycles. The van der Waals surface area contributed by atoms with Gasteiger partial charge < -0.3 is 5.32 Å². The van der Waals surface area contributed by atoms with Gasteiger partial charge in [0.1, 0.15) is 11.6 Å². The van der Waals surface area contributed by atoms with Gasteiger partial charge in [0.05, 0.1) is 6.04 Å². The molecule has 1 unspecified atom stereocenters. The molecule has 108 valence electrons. The lowest BCUT2D eigenvalue weighted by molar-refractivity contribution is 0.0942. The lowest BCUT2D eigenvalue weighted by atomic mass is 9.86. The van der Waals surface area contributed by atoms with Gasteiger partial charge in [0.2, 0.25) is 0 Å². The summed E-state index contributed by atoms with van der Waals surface area (Å²) in [5, 5.41) is 3.19. The molecule has 0 aliphatic rings. The Morgan fingerprint density at radius 2 is 1.58 bits per heavy atom. The number of hydrogen-bond donors (Lipinski definition) is 1. The predicted octanol–water partition coefficient (Wildman–Crippen LogP) is 3.35. The molecule has 0 saturated heterocycles. The summed E-state index contributed by atoms with van der Waals surface area (Å²) >= 11 is 0. The standard InChI is InChI=1S/C15H24F2N2/c1-6-19(7-2)15(3,4)14(18-5)11-8-12(16)10-13(17)9-11/h8-10,14,18H,6-7H2,1-5H3. The summed E-state index contributed by atoms with van der Waals surface area (Å²) in [6.45, 7) is 10.1. The number of hydrogen-bond acceptors (Lipinski definition) is 2. The van der Waals surface area contributed by atoms with Crippen molar-refractivity contribution < 1.29 is 8.78 Å². The molecule has 0 aliphatic heterocycles. The van der Waals surface area contributed by atoms with E-state index in [0.29, 0.717) is 5.56 Å². The van der Waals surface area contributed by atoms with Crippen LogP contribution in [0.5, 0.6) is 0 Å². The summed E-state index contributed by atoms with van der Waals surface area (Å²) in [5.74, 6) is -1.07. The molecular formula is C15H24F2N2. The molecule has 2 nitrogen and oxygen atoms in total. The Bertz CT molecular complexity index is 394. The van der Waals surface area contributed by atoms with Crippen molar-refractivity contribution in [1.29, 1.82) is 0 Å². The van der Waals surface area contributed by atoms with Crippen LogP contribution < -0.4 is 5.32 Å². The van der Waals surface area contributed by atoms with E-state index in [1.165, 1.54) is 12.1 Å². The first-order valence-electron chi connectivity index (χ1n) is 6.75. The number of nitrogens with one attached hydrogen (secondary N) is 1. The van der Waals surface area contributed by atoms with Gasteiger partial charge in [0.25, 0.3) is 0 Å². The molecule has 0 aliphatic carbocycles. The minimum absolute atomic E-state index is 0.141. The highest BCUT2D eigenvalue weighted by Crippen LogP contribution is 2.31. The Kier molecular flexibility index (Phi) is 5.44. The van der Waals surface area contributed by atoms with E-state index >= 15 is 0 Å². The van der Waals surface area contributed by atoms with Crippen LogP contribution >= 0.6 is 0 Å². The lowest BCUT2D eigenvalue weighted by Crippen LogP contribution is -2.52. The summed E-state index contributed by atoms with van der Waals surface area (Å²) in [7, 11) is 1.82. The molecule has 0 spiro atoms. The van der Waals surface area contributed by atoms with Crippen LogP contribution in [0.1, 0.15) is 39.3 Å². The zero-order chi connectivity index (χ0) is 14.6. The highest BCUT2D eigenvalue weighted by Gasteiger charge is 2.34. The van der Waals surface area contributed by atoms with E-state index in [1.807, 2.05) is 7.05 Å². The molecule has 0 radical (unpaired) electrons. The fourth-order valence-electron chi connectivity index (χ4n) is 2.89. The van der Waals surface area contributed by atoms with E-state index < -0.39 is 11.6 Å². The van der Waals surface area contributed by atoms with Gasteiger partial charge >= 0.3 is 0 Å². The second-order valence-corrected chi connectivity index (χ2v) is 5.25. The van der Waals surface area contributed by atoms with Gasteiger partial charge in [0, 0.05) is 11.6 Å². The van der Waals surface area contributed by atoms with Crippen LogP contribution in [-0.4, -0.2) is 30.6 Å². The van der Waals surface area contributed by atoms with E-state index in [-0.39, 0.29) is 11.6 Å². The summed E-state index contributed by atoms with van der Waals surface area (Å²) < 4.78 is 26.8. The van der Waals surface area contributed by atoms with Crippen molar-refractivity contribution in [2.45, 2.75) is 39.3 Å². The van der Waals surface area contributed by atoms with Crippen molar-refractivity contribution in [2.75, 3.05) is 20.1 Å². The van der Waals surface area contributed by atoms with Gasteiger partial charge in [-0.1, -0.05) is 13.8 Å². The van der Waals surface area contributed by atoms with Crippen LogP contribution in [-0.2, 0) is 0 Å². The minimum Gasteiger partial charge on any atom is -0.311 e. The summed E-state index contributed by atoms with van der Waals surface area (Å²) in [6, 6.07) is 3.56. The maximum Gasteiger partial charge on any atom is 0.126 e. The zero-order valence-electron chi connectivity index (χ0n) is 12.4. The zero-order valence-corrected chi connectivity index (χ0v) is 12.4. The van der Waals surface area contributed by atoms with Crippen LogP contribution in [0.15, 0.2) is 18.2 Å². The Balaban J connectivity index is 3.18. The molecular weight excluding hydrogens is 246 g/mol. The van der Waals surface area contributed by atoms with Crippen molar-refractivity contribution in [3.05, 3.63) is 35.4 Å². The number of rotatable bonds is 6. The predicted molar refractivity (Wildman–Crippen MR) is 75.2 cm³/mol. The Labute approximate surface area is 114 Å².